The summed E-state index contributed by atoms with van der Waals surface area (Å²) in [6.07, 6.45) is 5.70. The maximum absolute atomic E-state index is 11.6. The number of nitrogens with zero attached hydrogens (tertiary/aromatic N) is 2. The number of carbonyl (C=O) groups excluding carboxylic acids is 2. The van der Waals surface area contributed by atoms with Crippen molar-refractivity contribution in [3.05, 3.63) is 11.9 Å². The van der Waals surface area contributed by atoms with Crippen molar-refractivity contribution in [3.63, 3.8) is 0 Å². The molecule has 0 saturated heterocycles. The first kappa shape index (κ1) is 18.9. The minimum Gasteiger partial charge on any atom is -0.368 e. The van der Waals surface area contributed by atoms with Gasteiger partial charge >= 0.3 is 0 Å². The summed E-state index contributed by atoms with van der Waals surface area (Å²) in [5.41, 5.74) is 6.02. The minimum absolute atomic E-state index is 0.105. The van der Waals surface area contributed by atoms with E-state index in [1.54, 1.807) is 0 Å². The van der Waals surface area contributed by atoms with Crippen LogP contribution in [0.1, 0.15) is 49.5 Å². The number of nitrogens with one attached hydrogen (secondary N) is 3. The van der Waals surface area contributed by atoms with Crippen molar-refractivity contribution in [2.75, 3.05) is 10.6 Å². The lowest BCUT2D eigenvalue weighted by molar-refractivity contribution is -0.118. The number of thiocarbonyl (C=S) groups is 1. The third-order valence-corrected chi connectivity index (χ3v) is 4.15. The van der Waals surface area contributed by atoms with Crippen molar-refractivity contribution in [2.24, 2.45) is 11.7 Å². The fourth-order valence-electron chi connectivity index (χ4n) is 2.25. The molecule has 0 bridgehead atoms. The van der Waals surface area contributed by atoms with Gasteiger partial charge in [-0.3, -0.25) is 9.59 Å². The highest BCUT2D eigenvalue weighted by atomic mass is 32.1. The van der Waals surface area contributed by atoms with E-state index in [1.165, 1.54) is 6.20 Å². The molecule has 25 heavy (non-hydrogen) atoms. The molecule has 5 N–H and O–H groups in total. The van der Waals surface area contributed by atoms with Gasteiger partial charge in [-0.2, -0.15) is 0 Å². The molecule has 0 aliphatic heterocycles. The largest absolute Gasteiger partial charge is 0.368 e. The quantitative estimate of drug-likeness (QED) is 0.284. The van der Waals surface area contributed by atoms with Crippen molar-refractivity contribution >= 4 is 46.7 Å². The molecule has 8 nitrogen and oxygen atoms in total. The molecule has 134 valence electrons. The predicted molar refractivity (Wildman–Crippen MR) is 100 cm³/mol. The van der Waals surface area contributed by atoms with Crippen LogP contribution in [0.3, 0.4) is 0 Å². The zero-order valence-electron chi connectivity index (χ0n) is 14.0. The Kier molecular flexibility index (Phi) is 6.51. The Hall–Kier alpha value is -2.42. The molecule has 0 aromatic carbocycles. The Morgan fingerprint density at radius 2 is 2.28 bits per heavy atom. The highest BCUT2D eigenvalue weighted by Gasteiger charge is 2.28. The van der Waals surface area contributed by atoms with Crippen LogP contribution >= 0.6 is 12.2 Å². The van der Waals surface area contributed by atoms with Crippen molar-refractivity contribution in [1.29, 1.82) is 5.41 Å². The highest BCUT2D eigenvalue weighted by Crippen LogP contribution is 2.34. The Morgan fingerprint density at radius 3 is 2.84 bits per heavy atom. The molecule has 1 saturated carbocycles. The van der Waals surface area contributed by atoms with Crippen LogP contribution in [0.2, 0.25) is 0 Å². The average Bonchev–Trinajstić information content (AvgIpc) is 3.38. The van der Waals surface area contributed by atoms with Crippen molar-refractivity contribution in [1.82, 2.24) is 9.97 Å². The lowest BCUT2D eigenvalue weighted by Crippen LogP contribution is -2.36. The molecule has 1 amide bonds. The molecule has 1 aliphatic rings. The second-order valence-electron chi connectivity index (χ2n) is 6.07. The van der Waals surface area contributed by atoms with Crippen LogP contribution in [-0.2, 0) is 4.79 Å². The predicted octanol–water partition coefficient (Wildman–Crippen LogP) is 1.91. The zero-order chi connectivity index (χ0) is 18.4. The lowest BCUT2D eigenvalue weighted by atomic mass is 10.1. The number of amides is 1. The Morgan fingerprint density at radius 1 is 1.56 bits per heavy atom. The van der Waals surface area contributed by atoms with E-state index < -0.39 is 11.9 Å². The molecule has 1 heterocycles. The first-order chi connectivity index (χ1) is 11.9. The summed E-state index contributed by atoms with van der Waals surface area (Å²) in [6, 6.07) is -0.531. The number of hydrogen-bond acceptors (Lipinski definition) is 7. The van der Waals surface area contributed by atoms with E-state index in [-0.39, 0.29) is 17.9 Å². The lowest BCUT2D eigenvalue weighted by Gasteiger charge is -2.17. The molecule has 9 heteroatoms. The van der Waals surface area contributed by atoms with E-state index in [0.29, 0.717) is 41.6 Å². The Labute approximate surface area is 151 Å². The topological polar surface area (TPSA) is 134 Å². The molecule has 0 spiro atoms. The van der Waals surface area contributed by atoms with Gasteiger partial charge in [0.05, 0.1) is 11.2 Å². The van der Waals surface area contributed by atoms with E-state index in [0.717, 1.165) is 12.8 Å². The maximum Gasteiger partial charge on any atom is 0.239 e. The van der Waals surface area contributed by atoms with E-state index in [2.05, 4.69) is 20.6 Å². The Balaban J connectivity index is 2.11. The van der Waals surface area contributed by atoms with Crippen molar-refractivity contribution < 1.29 is 9.59 Å². The third-order valence-electron chi connectivity index (χ3n) is 3.90. The smallest absolute Gasteiger partial charge is 0.239 e. The number of nitrogens with two attached hydrogens (primary N) is 1. The summed E-state index contributed by atoms with van der Waals surface area (Å²) in [6.45, 7) is 1.87. The standard InChI is InChI=1S/C16H22N6O2S/c1-2-10(17)6-14(25)22-16-12(8-23)19-7-13(21-16)20-11(15(18)24)5-9-3-4-9/h7-9,11,17H,2-6H2,1H3,(H2,18,24)(H2,20,21,22,25). The van der Waals surface area contributed by atoms with Gasteiger partial charge in [0, 0.05) is 12.1 Å². The van der Waals surface area contributed by atoms with Gasteiger partial charge in [0.1, 0.15) is 17.6 Å². The zero-order valence-corrected chi connectivity index (χ0v) is 14.9. The molecule has 1 aromatic rings. The summed E-state index contributed by atoms with van der Waals surface area (Å²) in [4.78, 5) is 31.5. The van der Waals surface area contributed by atoms with Crippen LogP contribution in [0, 0.1) is 11.3 Å². The number of primary amides is 1. The monoisotopic (exact) mass is 362 g/mol. The van der Waals surface area contributed by atoms with Crippen LogP contribution < -0.4 is 16.4 Å². The molecule has 2 rings (SSSR count). The summed E-state index contributed by atoms with van der Waals surface area (Å²) in [7, 11) is 0. The normalized spacial score (nSPS) is 14.4. The second-order valence-corrected chi connectivity index (χ2v) is 6.56. The molecule has 0 radical (unpaired) electrons. The number of carbonyl (C=O) groups is 2. The van der Waals surface area contributed by atoms with E-state index in [1.807, 2.05) is 6.92 Å². The van der Waals surface area contributed by atoms with Crippen molar-refractivity contribution in [2.45, 2.75) is 45.1 Å². The van der Waals surface area contributed by atoms with Crippen LogP contribution in [0.25, 0.3) is 0 Å². The fourth-order valence-corrected chi connectivity index (χ4v) is 2.52. The van der Waals surface area contributed by atoms with Gasteiger partial charge in [-0.15, -0.1) is 0 Å². The average molecular weight is 362 g/mol. The van der Waals surface area contributed by atoms with Gasteiger partial charge in [-0.05, 0) is 18.8 Å². The molecule has 1 fully saturated rings. The first-order valence-electron chi connectivity index (χ1n) is 8.17. The van der Waals surface area contributed by atoms with Gasteiger partial charge in [-0.25, -0.2) is 9.97 Å². The highest BCUT2D eigenvalue weighted by molar-refractivity contribution is 7.80. The molecular weight excluding hydrogens is 340 g/mol. The SMILES string of the molecule is CCC(=N)CC(=S)Nc1nc(NC(CC2CC2)C(N)=O)cnc1C=O. The van der Waals surface area contributed by atoms with Gasteiger partial charge in [-0.1, -0.05) is 32.0 Å². The van der Waals surface area contributed by atoms with Gasteiger partial charge < -0.3 is 21.8 Å². The number of anilines is 2. The minimum atomic E-state index is -0.531. The molecule has 1 atom stereocenters. The summed E-state index contributed by atoms with van der Waals surface area (Å²) < 4.78 is 0. The van der Waals surface area contributed by atoms with Gasteiger partial charge in [0.15, 0.2) is 12.1 Å². The number of rotatable bonds is 10. The van der Waals surface area contributed by atoms with Crippen LogP contribution in [0.5, 0.6) is 0 Å². The van der Waals surface area contributed by atoms with E-state index in [9.17, 15) is 9.59 Å². The van der Waals surface area contributed by atoms with Gasteiger partial charge in [0.2, 0.25) is 5.91 Å². The second kappa shape index (κ2) is 8.61. The maximum atomic E-state index is 11.6. The fraction of sp³-hybridized carbons (Fsp3) is 0.500. The Bertz CT molecular complexity index is 689. The van der Waals surface area contributed by atoms with E-state index >= 15 is 0 Å². The number of hydrogen-bond donors (Lipinski definition) is 4. The van der Waals surface area contributed by atoms with Crippen LogP contribution in [0.15, 0.2) is 6.20 Å². The van der Waals surface area contributed by atoms with Crippen LogP contribution in [-0.4, -0.2) is 38.9 Å². The molecular formula is C16H22N6O2S. The summed E-state index contributed by atoms with van der Waals surface area (Å²) >= 11 is 5.19. The molecule has 1 unspecified atom stereocenters. The third kappa shape index (κ3) is 5.86. The molecule has 1 aromatic heterocycles. The first-order valence-corrected chi connectivity index (χ1v) is 8.58. The van der Waals surface area contributed by atoms with Crippen molar-refractivity contribution in [3.8, 4) is 0 Å². The number of aromatic nitrogens is 2. The van der Waals surface area contributed by atoms with Gasteiger partial charge in [0.25, 0.3) is 0 Å². The number of aldehydes is 1. The summed E-state index contributed by atoms with van der Waals surface area (Å²) in [5, 5.41) is 13.5. The molecule has 1 aliphatic carbocycles. The van der Waals surface area contributed by atoms with E-state index in [4.69, 9.17) is 23.4 Å². The summed E-state index contributed by atoms with van der Waals surface area (Å²) in [5.74, 6) is 0.599. The van der Waals surface area contributed by atoms with Crippen LogP contribution in [0.4, 0.5) is 11.6 Å².